The van der Waals surface area contributed by atoms with Gasteiger partial charge in [0, 0.05) is 24.2 Å². The molecule has 3 aromatic rings. The van der Waals surface area contributed by atoms with Gasteiger partial charge in [0.15, 0.2) is 5.82 Å². The van der Waals surface area contributed by atoms with Crippen molar-refractivity contribution >= 4 is 11.7 Å². The summed E-state index contributed by atoms with van der Waals surface area (Å²) in [6, 6.07) is 6.05. The third kappa shape index (κ3) is 4.88. The van der Waals surface area contributed by atoms with E-state index < -0.39 is 11.6 Å². The number of hydrogen-bond acceptors (Lipinski definition) is 7. The molecule has 2 aromatic heterocycles. The number of fused-ring (bicyclic) bond motifs is 1. The summed E-state index contributed by atoms with van der Waals surface area (Å²) in [5.74, 6) is 1.12. The number of benzene rings is 1. The predicted octanol–water partition coefficient (Wildman–Crippen LogP) is 5.43. The van der Waals surface area contributed by atoms with Crippen molar-refractivity contribution in [2.45, 2.75) is 97.5 Å². The van der Waals surface area contributed by atoms with Gasteiger partial charge < -0.3 is 14.9 Å². The molecular weight excluding hydrogens is 480 g/mol. The number of carbonyl (C=O) groups excluding carboxylic acids is 1. The molecule has 8 nitrogen and oxygen atoms in total. The number of aromatic nitrogens is 4. The average Bonchev–Trinajstić information content (AvgIpc) is 3.56. The lowest BCUT2D eigenvalue weighted by atomic mass is 9.76. The van der Waals surface area contributed by atoms with Crippen molar-refractivity contribution in [3.8, 4) is 5.75 Å². The first-order chi connectivity index (χ1) is 18.2. The third-order valence-electron chi connectivity index (χ3n) is 8.38. The summed E-state index contributed by atoms with van der Waals surface area (Å²) in [5, 5.41) is 26.3. The van der Waals surface area contributed by atoms with Crippen LogP contribution in [-0.2, 0) is 35.2 Å². The van der Waals surface area contributed by atoms with Crippen molar-refractivity contribution in [3.05, 3.63) is 63.4 Å². The van der Waals surface area contributed by atoms with Gasteiger partial charge in [0.2, 0.25) is 0 Å². The molecule has 202 valence electrons. The zero-order chi connectivity index (χ0) is 27.0. The molecule has 1 aliphatic carbocycles. The predicted molar refractivity (Wildman–Crippen MR) is 144 cm³/mol. The summed E-state index contributed by atoms with van der Waals surface area (Å²) in [6.07, 6.45) is 7.47. The smallest absolute Gasteiger partial charge is 0.338 e. The summed E-state index contributed by atoms with van der Waals surface area (Å²) >= 11 is 0. The molecule has 2 aliphatic rings. The van der Waals surface area contributed by atoms with Crippen LogP contribution in [0.15, 0.2) is 29.5 Å². The number of esters is 1. The second kappa shape index (κ2) is 10.4. The second-order valence-electron chi connectivity index (χ2n) is 11.0. The molecule has 1 fully saturated rings. The van der Waals surface area contributed by atoms with Gasteiger partial charge >= 0.3 is 5.97 Å². The summed E-state index contributed by atoms with van der Waals surface area (Å²) in [4.78, 5) is 22.3. The van der Waals surface area contributed by atoms with Crippen molar-refractivity contribution in [1.29, 1.82) is 0 Å². The highest BCUT2D eigenvalue weighted by atomic mass is 16.6. The van der Waals surface area contributed by atoms with Crippen LogP contribution in [0.2, 0.25) is 0 Å². The maximum atomic E-state index is 13.4. The lowest BCUT2D eigenvalue weighted by Crippen LogP contribution is -2.46. The van der Waals surface area contributed by atoms with Crippen LogP contribution >= 0.6 is 0 Å². The number of cyclic esters (lactones) is 1. The molecule has 0 bridgehead atoms. The number of aliphatic hydroxyl groups excluding tert-OH is 1. The van der Waals surface area contributed by atoms with Crippen LogP contribution in [0.5, 0.6) is 5.75 Å². The molecule has 1 atom stereocenters. The maximum Gasteiger partial charge on any atom is 0.338 e. The normalized spacial score (nSPS) is 20.5. The fourth-order valence-electron chi connectivity index (χ4n) is 6.30. The number of ether oxygens (including phenoxy) is 1. The second-order valence-corrected chi connectivity index (χ2v) is 11.0. The Hall–Kier alpha value is -3.42. The minimum atomic E-state index is -0.737. The van der Waals surface area contributed by atoms with E-state index in [1.807, 2.05) is 33.8 Å². The molecule has 0 saturated heterocycles. The molecule has 3 heterocycles. The highest BCUT2D eigenvalue weighted by Gasteiger charge is 2.48. The van der Waals surface area contributed by atoms with Gasteiger partial charge in [-0.15, -0.1) is 5.10 Å². The summed E-state index contributed by atoms with van der Waals surface area (Å²) in [7, 11) is 0. The van der Waals surface area contributed by atoms with Crippen LogP contribution in [0.1, 0.15) is 86.3 Å². The topological polar surface area (TPSA) is 110 Å². The summed E-state index contributed by atoms with van der Waals surface area (Å²) < 4.78 is 7.96. The van der Waals surface area contributed by atoms with E-state index in [4.69, 9.17) is 4.74 Å². The molecule has 1 unspecified atom stereocenters. The van der Waals surface area contributed by atoms with Gasteiger partial charge in [-0.3, -0.25) is 0 Å². The van der Waals surface area contributed by atoms with Gasteiger partial charge in [-0.1, -0.05) is 38.8 Å². The molecule has 5 rings (SSSR count). The lowest BCUT2D eigenvalue weighted by molar-refractivity contribution is -0.167. The Kier molecular flexibility index (Phi) is 7.16. The number of carbonyl (C=O) groups is 1. The van der Waals surface area contributed by atoms with Crippen molar-refractivity contribution in [2.75, 3.05) is 0 Å². The van der Waals surface area contributed by atoms with Crippen LogP contribution in [0.4, 0.5) is 0 Å². The molecule has 0 spiro atoms. The Bertz CT molecular complexity index is 1380. The lowest BCUT2D eigenvalue weighted by Gasteiger charge is -2.42. The van der Waals surface area contributed by atoms with Crippen LogP contribution < -0.4 is 0 Å². The highest BCUT2D eigenvalue weighted by Crippen LogP contribution is 2.46. The Morgan fingerprint density at radius 3 is 2.37 bits per heavy atom. The molecule has 2 N–H and O–H groups in total. The number of hydrogen-bond donors (Lipinski definition) is 2. The zero-order valence-electron chi connectivity index (χ0n) is 22.9. The first kappa shape index (κ1) is 26.2. The van der Waals surface area contributed by atoms with Gasteiger partial charge in [-0.25, -0.2) is 14.3 Å². The van der Waals surface area contributed by atoms with Crippen LogP contribution in [-0.4, -0.2) is 41.4 Å². The molecular formula is C30H38N4O4. The van der Waals surface area contributed by atoms with Crippen LogP contribution in [0.3, 0.4) is 0 Å². The highest BCUT2D eigenvalue weighted by molar-refractivity contribution is 5.90. The van der Waals surface area contributed by atoms with E-state index >= 15 is 0 Å². The van der Waals surface area contributed by atoms with Crippen molar-refractivity contribution < 1.29 is 19.7 Å². The fraction of sp³-hybridized carbons (Fsp3) is 0.533. The zero-order valence-corrected chi connectivity index (χ0v) is 22.9. The van der Waals surface area contributed by atoms with Gasteiger partial charge in [-0.2, -0.15) is 4.98 Å². The first-order valence-electron chi connectivity index (χ1n) is 13.9. The van der Waals surface area contributed by atoms with E-state index in [1.165, 1.54) is 0 Å². The van der Waals surface area contributed by atoms with E-state index in [1.54, 1.807) is 4.52 Å². The Morgan fingerprint density at radius 2 is 1.74 bits per heavy atom. The van der Waals surface area contributed by atoms with Crippen LogP contribution in [0.25, 0.3) is 5.78 Å². The summed E-state index contributed by atoms with van der Waals surface area (Å²) in [6.45, 7) is 7.92. The number of aliphatic hydroxyl groups is 1. The molecule has 1 saturated carbocycles. The molecule has 0 amide bonds. The largest absolute Gasteiger partial charge is 0.512 e. The van der Waals surface area contributed by atoms with Crippen LogP contribution in [0, 0.1) is 19.8 Å². The standard InChI is InChI=1S/C30H38N4O4/c1-5-21-14-20(15-22(6-2)27(21)36)11-12-30(23-9-7-8-10-23)17-25(35)24(28(37)38-30)16-26-32-29-31-18(3)13-19(4)34(29)33-26/h13-15,23,35-36H,5-12,16-17H2,1-4H3. The Balaban J connectivity index is 1.42. The third-order valence-corrected chi connectivity index (χ3v) is 8.38. The minimum absolute atomic E-state index is 0.0852. The van der Waals surface area contributed by atoms with Gasteiger partial charge in [-0.05, 0) is 81.0 Å². The van der Waals surface area contributed by atoms with Gasteiger partial charge in [0.05, 0.1) is 5.57 Å². The molecule has 1 aromatic carbocycles. The number of phenols is 1. The van der Waals surface area contributed by atoms with E-state index in [0.717, 1.165) is 66.6 Å². The van der Waals surface area contributed by atoms with Gasteiger partial charge in [0.1, 0.15) is 17.1 Å². The number of rotatable bonds is 8. The minimum Gasteiger partial charge on any atom is -0.512 e. The monoisotopic (exact) mass is 518 g/mol. The van der Waals surface area contributed by atoms with E-state index in [-0.39, 0.29) is 23.7 Å². The Morgan fingerprint density at radius 1 is 1.05 bits per heavy atom. The van der Waals surface area contributed by atoms with E-state index in [9.17, 15) is 15.0 Å². The molecule has 8 heteroatoms. The van der Waals surface area contributed by atoms with Crippen molar-refractivity contribution in [3.63, 3.8) is 0 Å². The quantitative estimate of drug-likeness (QED) is 0.382. The van der Waals surface area contributed by atoms with Gasteiger partial charge in [0.25, 0.3) is 5.78 Å². The molecule has 38 heavy (non-hydrogen) atoms. The SMILES string of the molecule is CCc1cc(CCC2(C3CCCC3)CC(O)=C(Cc3nc4nc(C)cc(C)n4n3)C(=O)O2)cc(CC)c1O. The number of phenolic OH excluding ortho intramolecular Hbond substituents is 1. The van der Waals surface area contributed by atoms with Crippen molar-refractivity contribution in [2.24, 2.45) is 5.92 Å². The molecule has 0 radical (unpaired) electrons. The number of aryl methyl sites for hydroxylation is 5. The maximum absolute atomic E-state index is 13.4. The fourth-order valence-corrected chi connectivity index (χ4v) is 6.30. The molecule has 1 aliphatic heterocycles. The van der Waals surface area contributed by atoms with E-state index in [0.29, 0.717) is 36.6 Å². The number of nitrogens with zero attached hydrogens (tertiary/aromatic N) is 4. The summed E-state index contributed by atoms with van der Waals surface area (Å²) in [5.41, 5.74) is 4.27. The van der Waals surface area contributed by atoms with E-state index in [2.05, 4.69) is 27.2 Å². The average molecular weight is 519 g/mol. The first-order valence-corrected chi connectivity index (χ1v) is 13.9. The van der Waals surface area contributed by atoms with Crippen molar-refractivity contribution in [1.82, 2.24) is 19.6 Å². The Labute approximate surface area is 223 Å². The number of aromatic hydroxyl groups is 1.